The summed E-state index contributed by atoms with van der Waals surface area (Å²) < 4.78 is 12.8. The molecule has 10 nitrogen and oxygen atoms in total. The molecule has 106 heavy (non-hydrogen) atoms. The Morgan fingerprint density at radius 2 is 0.491 bits per heavy atom. The third-order valence-corrected chi connectivity index (χ3v) is 21.3. The Bertz CT molecular complexity index is 7490. The van der Waals surface area contributed by atoms with Gasteiger partial charge in [-0.15, -0.1) is 0 Å². The second-order valence-corrected chi connectivity index (χ2v) is 27.1. The van der Waals surface area contributed by atoms with Gasteiger partial charge in [0.1, 0.15) is 11.6 Å². The Kier molecular flexibility index (Phi) is 13.7. The summed E-state index contributed by atoms with van der Waals surface area (Å²) in [6.45, 7) is 0. The quantitative estimate of drug-likeness (QED) is 0.142. The van der Waals surface area contributed by atoms with Crippen LogP contribution in [-0.2, 0) is 0 Å². The van der Waals surface area contributed by atoms with Gasteiger partial charge in [0.25, 0.3) is 11.1 Å². The number of benzene rings is 14. The first-order chi connectivity index (χ1) is 52.5. The molecule has 0 atom stereocenters. The summed E-state index contributed by atoms with van der Waals surface area (Å²) in [5.74, 6) is 1.53. The van der Waals surface area contributed by atoms with Crippen molar-refractivity contribution in [2.24, 2.45) is 0 Å². The van der Waals surface area contributed by atoms with Crippen LogP contribution in [0.3, 0.4) is 0 Å². The lowest BCUT2D eigenvalue weighted by Gasteiger charge is -2.15. The lowest BCUT2D eigenvalue weighted by molar-refractivity contribution is 1.04. The summed E-state index contributed by atoms with van der Waals surface area (Å²) in [4.78, 5) is 38.5. The number of para-hydroxylation sites is 9. The lowest BCUT2D eigenvalue weighted by Crippen LogP contribution is -2.19. The SMILES string of the molecule is O=c1c2ccc(-n3c4ccccc4c4cc(-c5ccc6c(c5)c5ccccc5n6-c5ccccc5)ccc43)nc2c2ccccc2n1-c1ccccc1.O=c1c2ccccc2c2cnc(-n3c4ccccc4c4cc(-c5ccc6c(c5)c5ccccc5n6-c5ccccc5)ccc43)cc2n1-c1ccccc1. The van der Waals surface area contributed by atoms with E-state index in [0.29, 0.717) is 16.3 Å². The Labute approximate surface area is 605 Å². The van der Waals surface area contributed by atoms with E-state index < -0.39 is 0 Å². The van der Waals surface area contributed by atoms with Crippen molar-refractivity contribution in [2.45, 2.75) is 0 Å². The molecular weight excluding hydrogens is 1300 g/mol. The Morgan fingerprint density at radius 3 is 0.915 bits per heavy atom. The average Bonchev–Trinajstić information content (AvgIpc) is 1.40. The minimum atomic E-state index is -0.0836. The number of pyridine rings is 4. The van der Waals surface area contributed by atoms with E-state index >= 15 is 0 Å². The van der Waals surface area contributed by atoms with E-state index in [1.54, 1.807) is 4.57 Å². The van der Waals surface area contributed by atoms with Gasteiger partial charge in [-0.2, -0.15) is 0 Å². The van der Waals surface area contributed by atoms with Crippen LogP contribution < -0.4 is 11.1 Å². The molecule has 10 heteroatoms. The van der Waals surface area contributed by atoms with Crippen molar-refractivity contribution in [1.82, 2.24) is 37.4 Å². The van der Waals surface area contributed by atoms with Crippen molar-refractivity contribution < 1.29 is 0 Å². The van der Waals surface area contributed by atoms with Crippen LogP contribution in [0.15, 0.2) is 374 Å². The van der Waals surface area contributed by atoms with Crippen molar-refractivity contribution >= 4 is 131 Å². The summed E-state index contributed by atoms with van der Waals surface area (Å²) >= 11 is 0. The van der Waals surface area contributed by atoms with Crippen LogP contribution in [0.2, 0.25) is 0 Å². The van der Waals surface area contributed by atoms with Gasteiger partial charge in [-0.3, -0.25) is 27.9 Å². The first-order valence-electron chi connectivity index (χ1n) is 35.7. The standard InChI is InChI=1S/2C48H30N4O/c53-48-38-25-28-46(49-47(38)37-19-9-12-22-43(37)51(48)34-15-5-2-6-16-34)52-42-21-11-8-18-36(42)40-30-32(24-27-45(40)52)31-23-26-44-39(29-31)35-17-7-10-20-41(35)50(44)33-13-3-1-4-14-33;53-48-38-20-8-7-17-35(38)41-30-49-47(29-46(41)51(48)34-15-5-2-6-16-34)52-43-22-12-10-19-37(43)40-28-32(24-26-45(40)52)31-23-25-44-39(27-31)36-18-9-11-21-42(36)50(44)33-13-3-1-4-14-33/h2*1-30H. The second-order valence-electron chi connectivity index (χ2n) is 27.1. The van der Waals surface area contributed by atoms with Gasteiger partial charge in [0, 0.05) is 94.3 Å². The van der Waals surface area contributed by atoms with E-state index in [4.69, 9.17) is 9.97 Å². The monoisotopic (exact) mass is 1360 g/mol. The smallest absolute Gasteiger partial charge is 0.265 e. The molecule has 0 bridgehead atoms. The molecular formula is C96H60N8O2. The highest BCUT2D eigenvalue weighted by molar-refractivity contribution is 6.16. The van der Waals surface area contributed by atoms with Gasteiger partial charge < -0.3 is 9.13 Å². The molecule has 0 N–H and O–H groups in total. The third kappa shape index (κ3) is 9.38. The van der Waals surface area contributed by atoms with Gasteiger partial charge in [0.05, 0.1) is 66.1 Å². The second kappa shape index (κ2) is 24.1. The van der Waals surface area contributed by atoms with Crippen molar-refractivity contribution in [3.8, 4) is 56.6 Å². The van der Waals surface area contributed by atoms with Crippen LogP contribution in [0, 0.1) is 0 Å². The topological polar surface area (TPSA) is 89.5 Å². The molecule has 0 spiro atoms. The predicted molar refractivity (Wildman–Crippen MR) is 438 cm³/mol. The zero-order valence-corrected chi connectivity index (χ0v) is 57.0. The van der Waals surface area contributed by atoms with Crippen molar-refractivity contribution in [3.63, 3.8) is 0 Å². The number of hydrogen-bond donors (Lipinski definition) is 0. The molecule has 8 aromatic heterocycles. The molecule has 0 amide bonds. The van der Waals surface area contributed by atoms with E-state index in [9.17, 15) is 9.59 Å². The predicted octanol–water partition coefficient (Wildman–Crippen LogP) is 22.8. The van der Waals surface area contributed by atoms with E-state index in [2.05, 4.69) is 261 Å². The van der Waals surface area contributed by atoms with Crippen LogP contribution in [-0.4, -0.2) is 37.4 Å². The Hall–Kier alpha value is -14.5. The fourth-order valence-electron chi connectivity index (χ4n) is 16.6. The first kappa shape index (κ1) is 60.3. The Balaban J connectivity index is 0.000000136. The summed E-state index contributed by atoms with van der Waals surface area (Å²) in [6, 6.07) is 124. The molecule has 0 saturated heterocycles. The molecule has 0 aliphatic heterocycles. The average molecular weight is 1360 g/mol. The molecule has 0 fully saturated rings. The number of hydrogen-bond acceptors (Lipinski definition) is 4. The van der Waals surface area contributed by atoms with Gasteiger partial charge in [-0.05, 0) is 173 Å². The molecule has 14 aromatic carbocycles. The number of fused-ring (bicyclic) bond motifs is 18. The van der Waals surface area contributed by atoms with Crippen LogP contribution in [0.25, 0.3) is 187 Å². The van der Waals surface area contributed by atoms with E-state index in [1.165, 1.54) is 43.6 Å². The van der Waals surface area contributed by atoms with Crippen molar-refractivity contribution in [3.05, 3.63) is 385 Å². The number of aromatic nitrogens is 8. The van der Waals surface area contributed by atoms with Gasteiger partial charge in [-0.25, -0.2) is 9.97 Å². The van der Waals surface area contributed by atoms with Crippen molar-refractivity contribution in [2.75, 3.05) is 0 Å². The zero-order chi connectivity index (χ0) is 70.1. The summed E-state index contributed by atoms with van der Waals surface area (Å²) in [5, 5.41) is 13.5. The van der Waals surface area contributed by atoms with E-state index in [-0.39, 0.29) is 11.1 Å². The molecule has 0 aliphatic carbocycles. The normalized spacial score (nSPS) is 11.8. The minimum Gasteiger partial charge on any atom is -0.309 e. The van der Waals surface area contributed by atoms with Gasteiger partial charge in [0.15, 0.2) is 0 Å². The van der Waals surface area contributed by atoms with E-state index in [1.807, 2.05) is 126 Å². The summed E-state index contributed by atoms with van der Waals surface area (Å²) in [7, 11) is 0. The van der Waals surface area contributed by atoms with Crippen LogP contribution in [0.1, 0.15) is 0 Å². The maximum Gasteiger partial charge on any atom is 0.265 e. The summed E-state index contributed by atoms with van der Waals surface area (Å²) in [6.07, 6.45) is 1.92. The fourth-order valence-corrected chi connectivity index (χ4v) is 16.6. The summed E-state index contributed by atoms with van der Waals surface area (Å²) in [5.41, 5.74) is 19.8. The van der Waals surface area contributed by atoms with Crippen LogP contribution in [0.5, 0.6) is 0 Å². The van der Waals surface area contributed by atoms with E-state index in [0.717, 1.165) is 127 Å². The zero-order valence-electron chi connectivity index (χ0n) is 57.0. The van der Waals surface area contributed by atoms with Gasteiger partial charge in [-0.1, -0.05) is 206 Å². The fraction of sp³-hybridized carbons (Fsp3) is 0. The largest absolute Gasteiger partial charge is 0.309 e. The maximum absolute atomic E-state index is 14.1. The highest BCUT2D eigenvalue weighted by Gasteiger charge is 2.23. The highest BCUT2D eigenvalue weighted by atomic mass is 16.1. The number of nitrogens with zero attached hydrogens (tertiary/aromatic N) is 8. The van der Waals surface area contributed by atoms with Gasteiger partial charge in [0.2, 0.25) is 0 Å². The lowest BCUT2D eigenvalue weighted by atomic mass is 10.0. The molecule has 8 heterocycles. The highest BCUT2D eigenvalue weighted by Crippen LogP contribution is 2.42. The molecule has 0 saturated carbocycles. The first-order valence-corrected chi connectivity index (χ1v) is 35.7. The number of rotatable bonds is 8. The molecule has 496 valence electrons. The third-order valence-electron chi connectivity index (χ3n) is 21.3. The van der Waals surface area contributed by atoms with Crippen LogP contribution >= 0.6 is 0 Å². The molecule has 22 rings (SSSR count). The van der Waals surface area contributed by atoms with Gasteiger partial charge >= 0.3 is 0 Å². The maximum atomic E-state index is 14.1. The molecule has 0 radical (unpaired) electrons. The van der Waals surface area contributed by atoms with Crippen molar-refractivity contribution in [1.29, 1.82) is 0 Å². The molecule has 0 unspecified atom stereocenters. The minimum absolute atomic E-state index is 0.0489. The van der Waals surface area contributed by atoms with Crippen LogP contribution in [0.4, 0.5) is 0 Å². The molecule has 22 aromatic rings. The Morgan fingerprint density at radius 1 is 0.189 bits per heavy atom. The molecule has 0 aliphatic rings.